The van der Waals surface area contributed by atoms with Crippen LogP contribution in [-0.2, 0) is 0 Å². The van der Waals surface area contributed by atoms with Gasteiger partial charge < -0.3 is 4.74 Å². The lowest BCUT2D eigenvalue weighted by Gasteiger charge is -2.08. The van der Waals surface area contributed by atoms with Crippen LogP contribution in [0.4, 0.5) is 13.2 Å². The molecule has 0 N–H and O–H groups in total. The summed E-state index contributed by atoms with van der Waals surface area (Å²) in [5.41, 5.74) is 0.986. The van der Waals surface area contributed by atoms with E-state index in [2.05, 4.69) is 4.74 Å². The first kappa shape index (κ1) is 13.8. The summed E-state index contributed by atoms with van der Waals surface area (Å²) in [4.78, 5) is 0. The normalized spacial score (nSPS) is 10.3. The average Bonchev–Trinajstić information content (AvgIpc) is 2.19. The van der Waals surface area contributed by atoms with Gasteiger partial charge in [-0.25, -0.2) is 0 Å². The lowest BCUT2D eigenvalue weighted by atomic mass is 10.2. The van der Waals surface area contributed by atoms with Crippen molar-refractivity contribution in [2.24, 2.45) is 0 Å². The molecule has 0 saturated heterocycles. The Kier molecular flexibility index (Phi) is 5.82. The average molecular weight is 220 g/mol. The Morgan fingerprint density at radius 1 is 1.07 bits per heavy atom. The topological polar surface area (TPSA) is 9.23 Å². The first-order chi connectivity index (χ1) is 6.97. The van der Waals surface area contributed by atoms with Crippen LogP contribution in [0.15, 0.2) is 24.3 Å². The minimum absolute atomic E-state index is 0.239. The highest BCUT2D eigenvalue weighted by Crippen LogP contribution is 2.18. The molecule has 0 aliphatic heterocycles. The van der Waals surface area contributed by atoms with Gasteiger partial charge in [0.15, 0.2) is 6.61 Å². The minimum atomic E-state index is -4.27. The van der Waals surface area contributed by atoms with Gasteiger partial charge in [0.05, 0.1) is 0 Å². The van der Waals surface area contributed by atoms with Gasteiger partial charge in [-0.3, -0.25) is 0 Å². The van der Waals surface area contributed by atoms with Crippen LogP contribution in [0.1, 0.15) is 19.4 Å². The van der Waals surface area contributed by atoms with E-state index < -0.39 is 12.8 Å². The molecule has 0 amide bonds. The molecule has 0 aromatic heterocycles. The van der Waals surface area contributed by atoms with Crippen LogP contribution in [0.25, 0.3) is 0 Å². The van der Waals surface area contributed by atoms with E-state index >= 15 is 0 Å². The van der Waals surface area contributed by atoms with Crippen LogP contribution in [0.2, 0.25) is 0 Å². The second-order valence-corrected chi connectivity index (χ2v) is 2.72. The van der Waals surface area contributed by atoms with Crippen LogP contribution < -0.4 is 4.74 Å². The van der Waals surface area contributed by atoms with E-state index in [0.717, 1.165) is 5.56 Å². The number of halogens is 3. The fourth-order valence-corrected chi connectivity index (χ4v) is 0.800. The van der Waals surface area contributed by atoms with Gasteiger partial charge in [-0.05, 0) is 19.1 Å². The zero-order valence-corrected chi connectivity index (χ0v) is 9.06. The molecule has 0 bridgehead atoms. The van der Waals surface area contributed by atoms with E-state index in [1.807, 2.05) is 20.8 Å². The second kappa shape index (κ2) is 6.32. The number of benzene rings is 1. The van der Waals surface area contributed by atoms with Crippen molar-refractivity contribution in [1.29, 1.82) is 0 Å². The Bertz CT molecular complexity index is 264. The van der Waals surface area contributed by atoms with Gasteiger partial charge in [0.25, 0.3) is 0 Å². The summed E-state index contributed by atoms with van der Waals surface area (Å²) in [5, 5.41) is 0. The summed E-state index contributed by atoms with van der Waals surface area (Å²) in [6.07, 6.45) is -4.27. The number of hydrogen-bond acceptors (Lipinski definition) is 1. The maximum absolute atomic E-state index is 11.7. The van der Waals surface area contributed by atoms with Crippen molar-refractivity contribution in [2.45, 2.75) is 26.9 Å². The van der Waals surface area contributed by atoms with Crippen molar-refractivity contribution in [2.75, 3.05) is 6.61 Å². The van der Waals surface area contributed by atoms with Gasteiger partial charge in [-0.15, -0.1) is 0 Å². The summed E-state index contributed by atoms with van der Waals surface area (Å²) in [7, 11) is 0. The minimum Gasteiger partial charge on any atom is -0.484 e. The second-order valence-electron chi connectivity index (χ2n) is 2.72. The zero-order valence-electron chi connectivity index (χ0n) is 9.06. The van der Waals surface area contributed by atoms with E-state index in [1.54, 1.807) is 12.1 Å². The van der Waals surface area contributed by atoms with Gasteiger partial charge in [0.1, 0.15) is 5.75 Å². The number of hydrogen-bond donors (Lipinski definition) is 0. The smallest absolute Gasteiger partial charge is 0.422 e. The first-order valence-corrected chi connectivity index (χ1v) is 4.73. The third-order valence-corrected chi connectivity index (χ3v) is 1.42. The van der Waals surface area contributed by atoms with Crippen molar-refractivity contribution in [3.05, 3.63) is 29.8 Å². The Labute approximate surface area is 87.9 Å². The molecule has 0 atom stereocenters. The summed E-state index contributed by atoms with van der Waals surface area (Å²) < 4.78 is 39.6. The Balaban J connectivity index is 0.000000921. The fourth-order valence-electron chi connectivity index (χ4n) is 0.800. The maximum Gasteiger partial charge on any atom is 0.422 e. The molecule has 1 nitrogen and oxygen atoms in total. The van der Waals surface area contributed by atoms with E-state index in [4.69, 9.17) is 0 Å². The van der Waals surface area contributed by atoms with Gasteiger partial charge >= 0.3 is 6.18 Å². The predicted octanol–water partition coefficient (Wildman–Crippen LogP) is 3.96. The molecule has 0 saturated carbocycles. The highest BCUT2D eigenvalue weighted by Gasteiger charge is 2.28. The molecule has 15 heavy (non-hydrogen) atoms. The van der Waals surface area contributed by atoms with Crippen molar-refractivity contribution < 1.29 is 17.9 Å². The number of ether oxygens (including phenoxy) is 1. The van der Waals surface area contributed by atoms with Crippen molar-refractivity contribution in [3.8, 4) is 5.75 Å². The van der Waals surface area contributed by atoms with Gasteiger partial charge in [0, 0.05) is 0 Å². The van der Waals surface area contributed by atoms with Crippen LogP contribution in [0.5, 0.6) is 5.75 Å². The van der Waals surface area contributed by atoms with Crippen molar-refractivity contribution in [3.63, 3.8) is 0 Å². The van der Waals surface area contributed by atoms with E-state index in [-0.39, 0.29) is 5.75 Å². The van der Waals surface area contributed by atoms with Gasteiger partial charge in [0.2, 0.25) is 0 Å². The van der Waals surface area contributed by atoms with Gasteiger partial charge in [-0.2, -0.15) is 13.2 Å². The molecule has 0 spiro atoms. The monoisotopic (exact) mass is 220 g/mol. The van der Waals surface area contributed by atoms with Crippen LogP contribution in [-0.4, -0.2) is 12.8 Å². The predicted molar refractivity (Wildman–Crippen MR) is 54.1 cm³/mol. The van der Waals surface area contributed by atoms with Crippen molar-refractivity contribution in [1.82, 2.24) is 0 Å². The standard InChI is InChI=1S/C9H9F3O.C2H6/c1-7-2-4-8(5-3-7)13-6-9(10,11)12;1-2/h2-5H,6H2,1H3;1-2H3. The van der Waals surface area contributed by atoms with Crippen LogP contribution >= 0.6 is 0 Å². The van der Waals surface area contributed by atoms with Gasteiger partial charge in [-0.1, -0.05) is 31.5 Å². The fraction of sp³-hybridized carbons (Fsp3) is 0.455. The number of alkyl halides is 3. The molecule has 86 valence electrons. The zero-order chi connectivity index (χ0) is 11.9. The molecule has 0 aliphatic rings. The molecule has 4 heteroatoms. The summed E-state index contributed by atoms with van der Waals surface area (Å²) in [6, 6.07) is 6.43. The molecule has 1 aromatic carbocycles. The molecule has 0 aliphatic carbocycles. The number of rotatable bonds is 2. The summed E-state index contributed by atoms with van der Waals surface area (Å²) in [6.45, 7) is 4.61. The van der Waals surface area contributed by atoms with E-state index in [1.165, 1.54) is 12.1 Å². The summed E-state index contributed by atoms with van der Waals surface area (Å²) in [5.74, 6) is 0.239. The molecular weight excluding hydrogens is 205 g/mol. The highest BCUT2D eigenvalue weighted by atomic mass is 19.4. The van der Waals surface area contributed by atoms with E-state index in [9.17, 15) is 13.2 Å². The Morgan fingerprint density at radius 2 is 1.53 bits per heavy atom. The first-order valence-electron chi connectivity index (χ1n) is 4.73. The third kappa shape index (κ3) is 6.82. The van der Waals surface area contributed by atoms with E-state index in [0.29, 0.717) is 0 Å². The SMILES string of the molecule is CC.Cc1ccc(OCC(F)(F)F)cc1. The van der Waals surface area contributed by atoms with Crippen molar-refractivity contribution >= 4 is 0 Å². The highest BCUT2D eigenvalue weighted by molar-refractivity contribution is 5.26. The molecular formula is C11H15F3O. The molecule has 1 aromatic rings. The summed E-state index contributed by atoms with van der Waals surface area (Å²) >= 11 is 0. The largest absolute Gasteiger partial charge is 0.484 e. The molecule has 1 rings (SSSR count). The number of aryl methyl sites for hydroxylation is 1. The third-order valence-electron chi connectivity index (χ3n) is 1.42. The van der Waals surface area contributed by atoms with Crippen LogP contribution in [0, 0.1) is 6.92 Å². The quantitative estimate of drug-likeness (QED) is 0.733. The Morgan fingerprint density at radius 3 is 1.93 bits per heavy atom. The Hall–Kier alpha value is -1.19. The lowest BCUT2D eigenvalue weighted by molar-refractivity contribution is -0.153. The van der Waals surface area contributed by atoms with Crippen LogP contribution in [0.3, 0.4) is 0 Å². The lowest BCUT2D eigenvalue weighted by Crippen LogP contribution is -2.19. The molecule has 0 unspecified atom stereocenters. The molecule has 0 fully saturated rings. The molecule has 0 radical (unpaired) electrons. The maximum atomic E-state index is 11.7. The molecule has 0 heterocycles.